The molecule has 3 nitrogen and oxygen atoms in total. The van der Waals surface area contributed by atoms with E-state index >= 15 is 0 Å². The maximum atomic E-state index is 11.3. The van der Waals surface area contributed by atoms with E-state index in [1.54, 1.807) is 0 Å². The molecule has 22 heavy (non-hydrogen) atoms. The molecule has 0 aliphatic rings. The summed E-state index contributed by atoms with van der Waals surface area (Å²) in [6.07, 6.45) is 0.224. The summed E-state index contributed by atoms with van der Waals surface area (Å²) in [7, 11) is 0. The number of hydrogen-bond acceptors (Lipinski definition) is 3. The number of Topliss-reactive ketones (excluding diaryl/α,β-unsaturated/α-hetero) is 1. The Morgan fingerprint density at radius 3 is 2.50 bits per heavy atom. The van der Waals surface area contributed by atoms with Crippen molar-refractivity contribution in [2.45, 2.75) is 51.8 Å². The van der Waals surface area contributed by atoms with Crippen LogP contribution in [0.3, 0.4) is 0 Å². The number of rotatable bonds is 7. The number of carbonyl (C=O) groups is 1. The molecule has 2 aromatic carbocycles. The lowest BCUT2D eigenvalue weighted by molar-refractivity contribution is -0.119. The number of benzene rings is 2. The van der Waals surface area contributed by atoms with Gasteiger partial charge in [0.25, 0.3) is 0 Å². The molecule has 2 atom stereocenters. The molecule has 0 bridgehead atoms. The number of hydrogen-bond donors (Lipinski definition) is 2. The summed E-state index contributed by atoms with van der Waals surface area (Å²) in [4.78, 5) is 11.3. The number of carbonyl (C=O) groups excluding carboxylic acids is 1. The minimum absolute atomic E-state index is 0.0148. The van der Waals surface area contributed by atoms with Gasteiger partial charge in [-0.1, -0.05) is 56.3 Å². The van der Waals surface area contributed by atoms with Gasteiger partial charge >= 0.3 is 0 Å². The highest BCUT2D eigenvalue weighted by Crippen LogP contribution is 2.21. The van der Waals surface area contributed by atoms with Crippen LogP contribution >= 0.6 is 0 Å². The van der Waals surface area contributed by atoms with E-state index in [0.29, 0.717) is 6.42 Å². The van der Waals surface area contributed by atoms with Crippen LogP contribution in [0.25, 0.3) is 10.8 Å². The predicted octanol–water partition coefficient (Wildman–Crippen LogP) is 3.09. The third-order valence-corrected chi connectivity index (χ3v) is 3.83. The van der Waals surface area contributed by atoms with Crippen LogP contribution in [0.1, 0.15) is 32.8 Å². The van der Waals surface area contributed by atoms with Gasteiger partial charge in [0, 0.05) is 18.5 Å². The quantitative estimate of drug-likeness (QED) is 0.826. The van der Waals surface area contributed by atoms with E-state index in [-0.39, 0.29) is 24.3 Å². The number of aliphatic hydroxyl groups excluding tert-OH is 1. The van der Waals surface area contributed by atoms with Gasteiger partial charge in [-0.3, -0.25) is 4.79 Å². The van der Waals surface area contributed by atoms with Gasteiger partial charge in [-0.05, 0) is 29.7 Å². The maximum absolute atomic E-state index is 11.3. The molecule has 0 spiro atoms. The maximum Gasteiger partial charge on any atom is 0.132 e. The van der Waals surface area contributed by atoms with Crippen molar-refractivity contribution in [1.29, 1.82) is 0 Å². The summed E-state index contributed by atoms with van der Waals surface area (Å²) in [6.45, 7) is 5.63. The highest BCUT2D eigenvalue weighted by atomic mass is 16.3. The Hall–Kier alpha value is -1.71. The zero-order valence-electron chi connectivity index (χ0n) is 13.5. The Balaban J connectivity index is 2.26. The van der Waals surface area contributed by atoms with Gasteiger partial charge in [-0.15, -0.1) is 0 Å². The number of fused-ring (bicyclic) bond motifs is 1. The van der Waals surface area contributed by atoms with Crippen LogP contribution in [0.2, 0.25) is 0 Å². The second kappa shape index (κ2) is 7.52. The second-order valence-corrected chi connectivity index (χ2v) is 6.24. The van der Waals surface area contributed by atoms with Crippen molar-refractivity contribution in [3.63, 3.8) is 0 Å². The zero-order valence-corrected chi connectivity index (χ0v) is 13.5. The zero-order chi connectivity index (χ0) is 16.1. The topological polar surface area (TPSA) is 49.3 Å². The molecule has 3 heteroatoms. The van der Waals surface area contributed by atoms with Crippen molar-refractivity contribution in [3.8, 4) is 0 Å². The van der Waals surface area contributed by atoms with E-state index in [1.165, 1.54) is 23.3 Å². The average Bonchev–Trinajstić information content (AvgIpc) is 2.45. The monoisotopic (exact) mass is 299 g/mol. The minimum Gasteiger partial charge on any atom is -0.391 e. The van der Waals surface area contributed by atoms with Crippen molar-refractivity contribution in [2.75, 3.05) is 0 Å². The fourth-order valence-corrected chi connectivity index (χ4v) is 2.88. The average molecular weight is 299 g/mol. The second-order valence-electron chi connectivity index (χ2n) is 6.24. The largest absolute Gasteiger partial charge is 0.391 e. The van der Waals surface area contributed by atoms with Crippen LogP contribution in [0.5, 0.6) is 0 Å². The summed E-state index contributed by atoms with van der Waals surface area (Å²) in [5, 5.41) is 16.2. The van der Waals surface area contributed by atoms with Crippen LogP contribution in [-0.4, -0.2) is 29.1 Å². The Morgan fingerprint density at radius 1 is 1.14 bits per heavy atom. The molecule has 0 saturated carbocycles. The molecule has 0 unspecified atom stereocenters. The molecule has 0 saturated heterocycles. The smallest absolute Gasteiger partial charge is 0.132 e. The van der Waals surface area contributed by atoms with Gasteiger partial charge in [0.1, 0.15) is 5.78 Å². The molecular formula is C19H25NO2. The van der Waals surface area contributed by atoms with Gasteiger partial charge in [-0.2, -0.15) is 0 Å². The summed E-state index contributed by atoms with van der Waals surface area (Å²) in [5.74, 6) is 0.0148. The van der Waals surface area contributed by atoms with E-state index in [4.69, 9.17) is 0 Å². The molecule has 118 valence electrons. The molecule has 0 radical (unpaired) electrons. The van der Waals surface area contributed by atoms with Crippen molar-refractivity contribution >= 4 is 16.6 Å². The van der Waals surface area contributed by atoms with Gasteiger partial charge < -0.3 is 10.4 Å². The molecule has 0 aliphatic carbocycles. The van der Waals surface area contributed by atoms with E-state index in [9.17, 15) is 9.90 Å². The van der Waals surface area contributed by atoms with Crippen LogP contribution in [-0.2, 0) is 11.2 Å². The SMILES string of the molecule is CC(=O)C[C@H](O)[C@H](Cc1cccc2ccccc12)NC(C)C. The van der Waals surface area contributed by atoms with E-state index in [2.05, 4.69) is 43.4 Å². The fourth-order valence-electron chi connectivity index (χ4n) is 2.88. The molecule has 2 rings (SSSR count). The van der Waals surface area contributed by atoms with Gasteiger partial charge in [0.05, 0.1) is 6.10 Å². The fraction of sp³-hybridized carbons (Fsp3) is 0.421. The standard InChI is InChI=1S/C19H25NO2/c1-13(2)20-18(19(22)11-14(3)21)12-16-9-6-8-15-7-4-5-10-17(15)16/h4-10,13,18-20,22H,11-12H2,1-3H3/t18-,19-/m0/s1. The molecular weight excluding hydrogens is 274 g/mol. The first-order valence-electron chi connectivity index (χ1n) is 7.87. The Labute approximate surface area is 132 Å². The van der Waals surface area contributed by atoms with Crippen LogP contribution in [0, 0.1) is 0 Å². The predicted molar refractivity (Wildman–Crippen MR) is 91.0 cm³/mol. The van der Waals surface area contributed by atoms with E-state index < -0.39 is 6.10 Å². The lowest BCUT2D eigenvalue weighted by Gasteiger charge is -2.26. The van der Waals surface area contributed by atoms with Crippen molar-refractivity contribution < 1.29 is 9.90 Å². The molecule has 0 aliphatic heterocycles. The van der Waals surface area contributed by atoms with Crippen LogP contribution < -0.4 is 5.32 Å². The van der Waals surface area contributed by atoms with Crippen molar-refractivity contribution in [2.24, 2.45) is 0 Å². The lowest BCUT2D eigenvalue weighted by Crippen LogP contribution is -2.45. The van der Waals surface area contributed by atoms with Crippen LogP contribution in [0.15, 0.2) is 42.5 Å². The molecule has 0 heterocycles. The molecule has 0 amide bonds. The minimum atomic E-state index is -0.668. The first-order valence-corrected chi connectivity index (χ1v) is 7.87. The highest BCUT2D eigenvalue weighted by molar-refractivity contribution is 5.85. The van der Waals surface area contributed by atoms with Gasteiger partial charge in [0.2, 0.25) is 0 Å². The third kappa shape index (κ3) is 4.39. The van der Waals surface area contributed by atoms with Gasteiger partial charge in [-0.25, -0.2) is 0 Å². The third-order valence-electron chi connectivity index (χ3n) is 3.83. The summed E-state index contributed by atoms with van der Waals surface area (Å²) in [6, 6.07) is 14.6. The molecule has 2 N–H and O–H groups in total. The number of aliphatic hydroxyl groups is 1. The molecule has 2 aromatic rings. The van der Waals surface area contributed by atoms with E-state index in [1.807, 2.05) is 18.2 Å². The highest BCUT2D eigenvalue weighted by Gasteiger charge is 2.22. The van der Waals surface area contributed by atoms with Gasteiger partial charge in [0.15, 0.2) is 0 Å². The van der Waals surface area contributed by atoms with Crippen molar-refractivity contribution in [1.82, 2.24) is 5.32 Å². The summed E-state index contributed by atoms with van der Waals surface area (Å²) < 4.78 is 0. The van der Waals surface area contributed by atoms with Crippen LogP contribution in [0.4, 0.5) is 0 Å². The summed E-state index contributed by atoms with van der Waals surface area (Å²) in [5.41, 5.74) is 1.19. The lowest BCUT2D eigenvalue weighted by atomic mass is 9.94. The first-order chi connectivity index (χ1) is 10.5. The number of ketones is 1. The normalized spacial score (nSPS) is 14.2. The van der Waals surface area contributed by atoms with E-state index in [0.717, 1.165) is 0 Å². The number of nitrogens with one attached hydrogen (secondary N) is 1. The Kier molecular flexibility index (Phi) is 5.69. The Bertz CT molecular complexity index is 631. The summed E-state index contributed by atoms with van der Waals surface area (Å²) >= 11 is 0. The molecule has 0 aromatic heterocycles. The Morgan fingerprint density at radius 2 is 1.82 bits per heavy atom. The molecule has 0 fully saturated rings. The van der Waals surface area contributed by atoms with Crippen molar-refractivity contribution in [3.05, 3.63) is 48.0 Å². The first kappa shape index (κ1) is 16.7.